The molecule has 1 aliphatic carbocycles. The lowest BCUT2D eigenvalue weighted by Crippen LogP contribution is -2.32. The van der Waals surface area contributed by atoms with E-state index >= 15 is 0 Å². The highest BCUT2D eigenvalue weighted by Gasteiger charge is 2.42. The van der Waals surface area contributed by atoms with Gasteiger partial charge in [-0.05, 0) is 38.5 Å². The zero-order valence-electron chi connectivity index (χ0n) is 10.5. The fraction of sp³-hybridized carbons (Fsp3) is 0.929. The van der Waals surface area contributed by atoms with Crippen LogP contribution in [0.25, 0.3) is 0 Å². The highest BCUT2D eigenvalue weighted by atomic mass is 16.5. The van der Waals surface area contributed by atoms with Gasteiger partial charge in [-0.15, -0.1) is 0 Å². The van der Waals surface area contributed by atoms with Crippen LogP contribution in [0.15, 0.2) is 0 Å². The average molecular weight is 237 g/mol. The number of rotatable bonds is 2. The maximum atomic E-state index is 11.6. The molecule has 2 saturated heterocycles. The van der Waals surface area contributed by atoms with Crippen molar-refractivity contribution in [3.63, 3.8) is 0 Å². The van der Waals surface area contributed by atoms with E-state index in [4.69, 9.17) is 4.74 Å². The predicted molar refractivity (Wildman–Crippen MR) is 65.7 cm³/mol. The van der Waals surface area contributed by atoms with Gasteiger partial charge in [-0.2, -0.15) is 0 Å². The lowest BCUT2D eigenvalue weighted by atomic mass is 9.83. The summed E-state index contributed by atoms with van der Waals surface area (Å²) in [5.41, 5.74) is 0.206. The van der Waals surface area contributed by atoms with Crippen LogP contribution in [-0.2, 0) is 9.53 Å². The highest BCUT2D eigenvalue weighted by Crippen LogP contribution is 2.43. The van der Waals surface area contributed by atoms with E-state index in [-0.39, 0.29) is 17.4 Å². The van der Waals surface area contributed by atoms with E-state index in [0.717, 1.165) is 19.4 Å². The fourth-order valence-corrected chi connectivity index (χ4v) is 3.81. The van der Waals surface area contributed by atoms with E-state index in [1.807, 2.05) is 0 Å². The Morgan fingerprint density at radius 1 is 1.18 bits per heavy atom. The molecule has 0 aromatic heterocycles. The monoisotopic (exact) mass is 237 g/mol. The summed E-state index contributed by atoms with van der Waals surface area (Å²) in [7, 11) is 0. The quantitative estimate of drug-likeness (QED) is 0.801. The van der Waals surface area contributed by atoms with Crippen LogP contribution in [-0.4, -0.2) is 24.2 Å². The van der Waals surface area contributed by atoms with Crippen LogP contribution in [0.1, 0.15) is 57.8 Å². The molecular weight excluding hydrogens is 214 g/mol. The zero-order valence-corrected chi connectivity index (χ0v) is 10.5. The van der Waals surface area contributed by atoms with Gasteiger partial charge in [0.05, 0.1) is 11.7 Å². The van der Waals surface area contributed by atoms with Crippen LogP contribution in [0.5, 0.6) is 0 Å². The third-order valence-corrected chi connectivity index (χ3v) is 4.81. The highest BCUT2D eigenvalue weighted by molar-refractivity contribution is 5.80. The van der Waals surface area contributed by atoms with Gasteiger partial charge < -0.3 is 10.1 Å². The second-order valence-electron chi connectivity index (χ2n) is 6.03. The molecule has 3 aliphatic rings. The molecule has 0 radical (unpaired) electrons. The summed E-state index contributed by atoms with van der Waals surface area (Å²) in [6.45, 7) is 0.862. The number of carbonyl (C=O) groups is 1. The summed E-state index contributed by atoms with van der Waals surface area (Å²) in [6.07, 6.45) is 11.2. The average Bonchev–Trinajstić information content (AvgIpc) is 2.90. The first kappa shape index (κ1) is 11.5. The van der Waals surface area contributed by atoms with Crippen LogP contribution in [0, 0.1) is 5.92 Å². The van der Waals surface area contributed by atoms with Gasteiger partial charge in [0.25, 0.3) is 0 Å². The maximum Gasteiger partial charge on any atom is 0.223 e. The van der Waals surface area contributed by atoms with Crippen LogP contribution in [0.3, 0.4) is 0 Å². The number of amides is 1. The molecule has 17 heavy (non-hydrogen) atoms. The van der Waals surface area contributed by atoms with Gasteiger partial charge in [0.1, 0.15) is 0 Å². The SMILES string of the molecule is O=C1NCCC1CC1CCC2(CCCCC2)O1. The number of ether oxygens (including phenoxy) is 1. The van der Waals surface area contributed by atoms with Crippen molar-refractivity contribution in [3.8, 4) is 0 Å². The minimum atomic E-state index is 0.206. The van der Waals surface area contributed by atoms with Crippen LogP contribution >= 0.6 is 0 Å². The van der Waals surface area contributed by atoms with E-state index in [0.29, 0.717) is 6.10 Å². The Morgan fingerprint density at radius 3 is 2.71 bits per heavy atom. The molecule has 2 heterocycles. The Hall–Kier alpha value is -0.570. The van der Waals surface area contributed by atoms with E-state index in [1.165, 1.54) is 44.9 Å². The Kier molecular flexibility index (Phi) is 3.12. The second-order valence-corrected chi connectivity index (χ2v) is 6.03. The van der Waals surface area contributed by atoms with Gasteiger partial charge in [0.15, 0.2) is 0 Å². The minimum Gasteiger partial charge on any atom is -0.372 e. The van der Waals surface area contributed by atoms with Gasteiger partial charge >= 0.3 is 0 Å². The van der Waals surface area contributed by atoms with Crippen molar-refractivity contribution in [1.82, 2.24) is 5.32 Å². The minimum absolute atomic E-state index is 0.206. The molecule has 3 fully saturated rings. The maximum absolute atomic E-state index is 11.6. The Balaban J connectivity index is 1.54. The molecule has 1 spiro atoms. The molecule has 2 atom stereocenters. The molecule has 3 rings (SSSR count). The first-order chi connectivity index (χ1) is 8.27. The summed E-state index contributed by atoms with van der Waals surface area (Å²) in [6, 6.07) is 0. The van der Waals surface area contributed by atoms with Gasteiger partial charge in [-0.3, -0.25) is 4.79 Å². The number of hydrogen-bond acceptors (Lipinski definition) is 2. The van der Waals surface area contributed by atoms with E-state index in [9.17, 15) is 4.79 Å². The molecule has 96 valence electrons. The molecule has 0 bridgehead atoms. The van der Waals surface area contributed by atoms with Gasteiger partial charge in [0.2, 0.25) is 5.91 Å². The van der Waals surface area contributed by atoms with Crippen LogP contribution < -0.4 is 5.32 Å². The molecule has 2 aliphatic heterocycles. The Labute approximate surface area is 103 Å². The van der Waals surface area contributed by atoms with Gasteiger partial charge in [-0.25, -0.2) is 0 Å². The van der Waals surface area contributed by atoms with Crippen molar-refractivity contribution in [3.05, 3.63) is 0 Å². The fourth-order valence-electron chi connectivity index (χ4n) is 3.81. The van der Waals surface area contributed by atoms with Gasteiger partial charge in [0, 0.05) is 12.5 Å². The molecule has 1 saturated carbocycles. The summed E-state index contributed by atoms with van der Waals surface area (Å²) < 4.78 is 6.32. The van der Waals surface area contributed by atoms with E-state index < -0.39 is 0 Å². The normalized spacial score (nSPS) is 36.4. The van der Waals surface area contributed by atoms with Crippen LogP contribution in [0.4, 0.5) is 0 Å². The summed E-state index contributed by atoms with van der Waals surface area (Å²) >= 11 is 0. The number of hydrogen-bond donors (Lipinski definition) is 1. The third-order valence-electron chi connectivity index (χ3n) is 4.81. The Bertz CT molecular complexity index is 297. The lowest BCUT2D eigenvalue weighted by Gasteiger charge is -2.33. The van der Waals surface area contributed by atoms with Crippen molar-refractivity contribution in [1.29, 1.82) is 0 Å². The van der Waals surface area contributed by atoms with E-state index in [1.54, 1.807) is 0 Å². The smallest absolute Gasteiger partial charge is 0.223 e. The first-order valence-electron chi connectivity index (χ1n) is 7.23. The number of carbonyl (C=O) groups excluding carboxylic acids is 1. The van der Waals surface area contributed by atoms with Crippen molar-refractivity contribution in [2.24, 2.45) is 5.92 Å². The molecule has 2 unspecified atom stereocenters. The molecule has 3 heteroatoms. The summed E-state index contributed by atoms with van der Waals surface area (Å²) in [5, 5.41) is 2.92. The second kappa shape index (κ2) is 4.60. The zero-order chi connectivity index (χ0) is 11.7. The molecule has 0 aromatic carbocycles. The topological polar surface area (TPSA) is 38.3 Å². The predicted octanol–water partition coefficient (Wildman–Crippen LogP) is 2.39. The summed E-state index contributed by atoms with van der Waals surface area (Å²) in [5.74, 6) is 0.469. The molecule has 1 amide bonds. The largest absolute Gasteiger partial charge is 0.372 e. The molecule has 1 N–H and O–H groups in total. The van der Waals surface area contributed by atoms with Crippen molar-refractivity contribution in [2.75, 3.05) is 6.54 Å². The van der Waals surface area contributed by atoms with Crippen molar-refractivity contribution < 1.29 is 9.53 Å². The molecule has 3 nitrogen and oxygen atoms in total. The van der Waals surface area contributed by atoms with E-state index in [2.05, 4.69) is 5.32 Å². The third kappa shape index (κ3) is 2.35. The summed E-state index contributed by atoms with van der Waals surface area (Å²) in [4.78, 5) is 11.6. The van der Waals surface area contributed by atoms with Crippen LogP contribution in [0.2, 0.25) is 0 Å². The van der Waals surface area contributed by atoms with Gasteiger partial charge in [-0.1, -0.05) is 19.3 Å². The number of nitrogens with one attached hydrogen (secondary N) is 1. The lowest BCUT2D eigenvalue weighted by molar-refractivity contribution is -0.124. The Morgan fingerprint density at radius 2 is 2.00 bits per heavy atom. The molecule has 0 aromatic rings. The van der Waals surface area contributed by atoms with Crippen molar-refractivity contribution in [2.45, 2.75) is 69.5 Å². The standard InChI is InChI=1S/C14H23NO2/c16-13-11(5-9-15-13)10-12-4-8-14(17-12)6-2-1-3-7-14/h11-12H,1-10H2,(H,15,16). The molecular formula is C14H23NO2. The van der Waals surface area contributed by atoms with Crippen molar-refractivity contribution >= 4 is 5.91 Å². The first-order valence-corrected chi connectivity index (χ1v) is 7.23.